The minimum Gasteiger partial charge on any atom is -0.381 e. The zero-order valence-corrected chi connectivity index (χ0v) is 6.99. The summed E-state index contributed by atoms with van der Waals surface area (Å²) in [6, 6.07) is 0. The van der Waals surface area contributed by atoms with E-state index in [0.29, 0.717) is 26.1 Å². The first kappa shape index (κ1) is 10.6. The molecule has 0 aliphatic rings. The standard InChI is InChI=1S/C8H14F2O/c1-3-7(8(9)10)5-6-11-4-2/h3-6H2,1-2H3. The van der Waals surface area contributed by atoms with Crippen LogP contribution in [0.3, 0.4) is 0 Å². The van der Waals surface area contributed by atoms with Gasteiger partial charge in [0.2, 0.25) is 0 Å². The second-order valence-corrected chi connectivity index (χ2v) is 2.16. The van der Waals surface area contributed by atoms with Crippen LogP contribution in [0.15, 0.2) is 11.7 Å². The van der Waals surface area contributed by atoms with Gasteiger partial charge in [0, 0.05) is 6.61 Å². The van der Waals surface area contributed by atoms with Gasteiger partial charge in [-0.1, -0.05) is 6.92 Å². The zero-order valence-electron chi connectivity index (χ0n) is 6.99. The molecule has 3 heteroatoms. The second-order valence-electron chi connectivity index (χ2n) is 2.16. The van der Waals surface area contributed by atoms with Crippen molar-refractivity contribution in [1.82, 2.24) is 0 Å². The van der Waals surface area contributed by atoms with Crippen LogP contribution < -0.4 is 0 Å². The Bertz CT molecular complexity index is 128. The van der Waals surface area contributed by atoms with E-state index in [1.165, 1.54) is 0 Å². The van der Waals surface area contributed by atoms with E-state index in [-0.39, 0.29) is 5.57 Å². The molecule has 0 aromatic carbocycles. The highest BCUT2D eigenvalue weighted by molar-refractivity contribution is 5.01. The van der Waals surface area contributed by atoms with Crippen LogP contribution in [0.25, 0.3) is 0 Å². The van der Waals surface area contributed by atoms with Crippen molar-refractivity contribution in [3.8, 4) is 0 Å². The Balaban J connectivity index is 3.63. The van der Waals surface area contributed by atoms with E-state index in [1.54, 1.807) is 6.92 Å². The Morgan fingerprint density at radius 3 is 2.27 bits per heavy atom. The molecule has 1 nitrogen and oxygen atoms in total. The lowest BCUT2D eigenvalue weighted by Crippen LogP contribution is -1.95. The lowest BCUT2D eigenvalue weighted by Gasteiger charge is -2.02. The predicted molar refractivity (Wildman–Crippen MR) is 40.6 cm³/mol. The maximum Gasteiger partial charge on any atom is 0.269 e. The van der Waals surface area contributed by atoms with E-state index in [9.17, 15) is 8.78 Å². The summed E-state index contributed by atoms with van der Waals surface area (Å²) >= 11 is 0. The summed E-state index contributed by atoms with van der Waals surface area (Å²) in [7, 11) is 0. The van der Waals surface area contributed by atoms with Gasteiger partial charge in [0.1, 0.15) is 0 Å². The molecule has 0 amide bonds. The van der Waals surface area contributed by atoms with E-state index < -0.39 is 6.08 Å². The number of ether oxygens (including phenoxy) is 1. The Morgan fingerprint density at radius 1 is 1.27 bits per heavy atom. The first-order chi connectivity index (χ1) is 5.22. The van der Waals surface area contributed by atoms with Gasteiger partial charge < -0.3 is 4.74 Å². The van der Waals surface area contributed by atoms with Crippen molar-refractivity contribution in [2.24, 2.45) is 0 Å². The largest absolute Gasteiger partial charge is 0.381 e. The Hall–Kier alpha value is -0.440. The summed E-state index contributed by atoms with van der Waals surface area (Å²) in [5, 5.41) is 0. The minimum absolute atomic E-state index is 0.207. The summed E-state index contributed by atoms with van der Waals surface area (Å²) in [5.41, 5.74) is 0.207. The van der Waals surface area contributed by atoms with Gasteiger partial charge in [-0.2, -0.15) is 8.78 Å². The summed E-state index contributed by atoms with van der Waals surface area (Å²) in [4.78, 5) is 0. The van der Waals surface area contributed by atoms with Gasteiger partial charge >= 0.3 is 0 Å². The van der Waals surface area contributed by atoms with E-state index in [0.717, 1.165) is 0 Å². The first-order valence-electron chi connectivity index (χ1n) is 3.83. The third-order valence-corrected chi connectivity index (χ3v) is 1.45. The Morgan fingerprint density at radius 2 is 1.91 bits per heavy atom. The molecule has 0 aliphatic carbocycles. The van der Waals surface area contributed by atoms with Crippen molar-refractivity contribution in [2.45, 2.75) is 26.7 Å². The van der Waals surface area contributed by atoms with E-state index in [4.69, 9.17) is 4.74 Å². The molecule has 0 saturated carbocycles. The van der Waals surface area contributed by atoms with Crippen molar-refractivity contribution in [2.75, 3.05) is 13.2 Å². The molecule has 0 rings (SSSR count). The number of halogens is 2. The maximum absolute atomic E-state index is 12.0. The van der Waals surface area contributed by atoms with Crippen molar-refractivity contribution in [3.63, 3.8) is 0 Å². The van der Waals surface area contributed by atoms with Gasteiger partial charge in [0.15, 0.2) is 0 Å². The molecule has 0 spiro atoms. The number of rotatable bonds is 5. The predicted octanol–water partition coefficient (Wildman–Crippen LogP) is 2.97. The molecule has 0 unspecified atom stereocenters. The molecule has 0 fully saturated rings. The van der Waals surface area contributed by atoms with Crippen LogP contribution in [0.4, 0.5) is 8.78 Å². The van der Waals surface area contributed by atoms with E-state index >= 15 is 0 Å². The molecule has 11 heavy (non-hydrogen) atoms. The molecule has 0 bridgehead atoms. The first-order valence-corrected chi connectivity index (χ1v) is 3.83. The SMILES string of the molecule is CCOCCC(CC)=C(F)F. The van der Waals surface area contributed by atoms with Crippen molar-refractivity contribution in [1.29, 1.82) is 0 Å². The van der Waals surface area contributed by atoms with Crippen LogP contribution in [0.1, 0.15) is 26.7 Å². The lowest BCUT2D eigenvalue weighted by molar-refractivity contribution is 0.149. The van der Waals surface area contributed by atoms with Crippen LogP contribution in [0.5, 0.6) is 0 Å². The fraction of sp³-hybridized carbons (Fsp3) is 0.750. The highest BCUT2D eigenvalue weighted by Gasteiger charge is 2.02. The molecule has 0 aromatic rings. The minimum atomic E-state index is -1.55. The molecule has 0 heterocycles. The van der Waals surface area contributed by atoms with Crippen molar-refractivity contribution < 1.29 is 13.5 Å². The van der Waals surface area contributed by atoms with Gasteiger partial charge in [0.05, 0.1) is 6.61 Å². The normalized spacial score (nSPS) is 9.82. The molecule has 66 valence electrons. The molecular weight excluding hydrogens is 150 g/mol. The molecule has 0 radical (unpaired) electrons. The number of hydrogen-bond acceptors (Lipinski definition) is 1. The van der Waals surface area contributed by atoms with Crippen LogP contribution in [0.2, 0.25) is 0 Å². The fourth-order valence-corrected chi connectivity index (χ4v) is 0.745. The molecule has 0 saturated heterocycles. The van der Waals surface area contributed by atoms with Gasteiger partial charge in [-0.15, -0.1) is 0 Å². The summed E-state index contributed by atoms with van der Waals surface area (Å²) in [6.45, 7) is 4.56. The molecule has 0 N–H and O–H groups in total. The fourth-order valence-electron chi connectivity index (χ4n) is 0.745. The van der Waals surface area contributed by atoms with E-state index in [2.05, 4.69) is 0 Å². The topological polar surface area (TPSA) is 9.23 Å². The van der Waals surface area contributed by atoms with Crippen LogP contribution in [-0.4, -0.2) is 13.2 Å². The van der Waals surface area contributed by atoms with Crippen LogP contribution in [0, 0.1) is 0 Å². The molecule has 0 aliphatic heterocycles. The third kappa shape index (κ3) is 4.90. The van der Waals surface area contributed by atoms with Crippen molar-refractivity contribution in [3.05, 3.63) is 11.7 Å². The highest BCUT2D eigenvalue weighted by atomic mass is 19.3. The highest BCUT2D eigenvalue weighted by Crippen LogP contribution is 2.14. The second kappa shape index (κ2) is 6.28. The maximum atomic E-state index is 12.0. The summed E-state index contributed by atoms with van der Waals surface area (Å²) in [6.07, 6.45) is -0.783. The van der Waals surface area contributed by atoms with Crippen LogP contribution >= 0.6 is 0 Å². The molecule has 0 aromatic heterocycles. The number of hydrogen-bond donors (Lipinski definition) is 0. The van der Waals surface area contributed by atoms with Gasteiger partial charge in [-0.3, -0.25) is 0 Å². The third-order valence-electron chi connectivity index (χ3n) is 1.45. The lowest BCUT2D eigenvalue weighted by atomic mass is 10.2. The molecule has 0 atom stereocenters. The zero-order chi connectivity index (χ0) is 8.69. The summed E-state index contributed by atoms with van der Waals surface area (Å²) < 4.78 is 28.9. The van der Waals surface area contributed by atoms with E-state index in [1.807, 2.05) is 6.92 Å². The van der Waals surface area contributed by atoms with Gasteiger partial charge in [-0.05, 0) is 25.3 Å². The monoisotopic (exact) mass is 164 g/mol. The van der Waals surface area contributed by atoms with Gasteiger partial charge in [-0.25, -0.2) is 0 Å². The van der Waals surface area contributed by atoms with Crippen molar-refractivity contribution >= 4 is 0 Å². The Labute approximate surface area is 66.0 Å². The van der Waals surface area contributed by atoms with Crippen LogP contribution in [-0.2, 0) is 4.74 Å². The average molecular weight is 164 g/mol. The average Bonchev–Trinajstić information content (AvgIpc) is 1.97. The molecular formula is C8H14F2O. The smallest absolute Gasteiger partial charge is 0.269 e. The van der Waals surface area contributed by atoms with Gasteiger partial charge in [0.25, 0.3) is 6.08 Å². The quantitative estimate of drug-likeness (QED) is 0.567. The summed E-state index contributed by atoms with van der Waals surface area (Å²) in [5.74, 6) is 0. The Kier molecular flexibility index (Phi) is 6.03.